The van der Waals surface area contributed by atoms with E-state index in [0.29, 0.717) is 13.0 Å². The van der Waals surface area contributed by atoms with E-state index >= 15 is 0 Å². The largest absolute Gasteiger partial charge is 0.378 e. The second-order valence-corrected chi connectivity index (χ2v) is 5.98. The second kappa shape index (κ2) is 5.64. The van der Waals surface area contributed by atoms with Gasteiger partial charge in [-0.2, -0.15) is 0 Å². The lowest BCUT2D eigenvalue weighted by Crippen LogP contribution is -2.27. The van der Waals surface area contributed by atoms with Crippen LogP contribution in [-0.4, -0.2) is 32.7 Å². The number of ether oxygens (including phenoxy) is 1. The topological polar surface area (TPSA) is 88.3 Å². The minimum Gasteiger partial charge on any atom is -0.378 e. The average Bonchev–Trinajstić information content (AvgIpc) is 2.82. The molecule has 0 radical (unpaired) electrons. The lowest BCUT2D eigenvalue weighted by Gasteiger charge is -2.10. The standard InChI is InChI=1S/C11H16N2O4S/c14-11-4-3-10(8-12-11)18(15,16)13-6-5-9-2-1-7-17-9/h3-4,8-9,13H,1-2,5-7H2,(H,12,14). The Kier molecular flexibility index (Phi) is 4.15. The fourth-order valence-corrected chi connectivity index (χ4v) is 2.89. The van der Waals surface area contributed by atoms with Crippen LogP contribution in [0.1, 0.15) is 19.3 Å². The number of H-pyrrole nitrogens is 1. The third kappa shape index (κ3) is 3.41. The quantitative estimate of drug-likeness (QED) is 0.802. The van der Waals surface area contributed by atoms with Crippen LogP contribution in [0.5, 0.6) is 0 Å². The summed E-state index contributed by atoms with van der Waals surface area (Å²) in [5.41, 5.74) is -0.326. The third-order valence-electron chi connectivity index (χ3n) is 2.85. The Hall–Kier alpha value is -1.18. The highest BCUT2D eigenvalue weighted by atomic mass is 32.2. The summed E-state index contributed by atoms with van der Waals surface area (Å²) in [4.78, 5) is 13.3. The monoisotopic (exact) mass is 272 g/mol. The predicted molar refractivity (Wildman–Crippen MR) is 65.8 cm³/mol. The van der Waals surface area contributed by atoms with Gasteiger partial charge in [0.05, 0.1) is 11.0 Å². The van der Waals surface area contributed by atoms with E-state index in [2.05, 4.69) is 9.71 Å². The highest BCUT2D eigenvalue weighted by Crippen LogP contribution is 2.14. The number of hydrogen-bond donors (Lipinski definition) is 2. The molecule has 0 amide bonds. The first-order chi connectivity index (χ1) is 8.58. The molecule has 1 unspecified atom stereocenters. The third-order valence-corrected chi connectivity index (χ3v) is 4.31. The lowest BCUT2D eigenvalue weighted by atomic mass is 10.2. The molecule has 1 saturated heterocycles. The van der Waals surface area contributed by atoms with Crippen LogP contribution >= 0.6 is 0 Å². The Bertz CT molecular complexity index is 526. The SMILES string of the molecule is O=c1ccc(S(=O)(=O)NCCC2CCCO2)c[nH]1. The molecule has 0 spiro atoms. The van der Waals surface area contributed by atoms with Crippen molar-refractivity contribution in [2.45, 2.75) is 30.3 Å². The van der Waals surface area contributed by atoms with Gasteiger partial charge >= 0.3 is 0 Å². The molecular formula is C11H16N2O4S. The zero-order chi connectivity index (χ0) is 13.0. The van der Waals surface area contributed by atoms with E-state index < -0.39 is 10.0 Å². The summed E-state index contributed by atoms with van der Waals surface area (Å²) in [6, 6.07) is 2.47. The molecule has 1 fully saturated rings. The summed E-state index contributed by atoms with van der Waals surface area (Å²) in [7, 11) is -3.54. The van der Waals surface area contributed by atoms with Crippen LogP contribution in [0, 0.1) is 0 Å². The van der Waals surface area contributed by atoms with Crippen LogP contribution in [-0.2, 0) is 14.8 Å². The summed E-state index contributed by atoms with van der Waals surface area (Å²) in [6.45, 7) is 1.10. The highest BCUT2D eigenvalue weighted by Gasteiger charge is 2.18. The summed E-state index contributed by atoms with van der Waals surface area (Å²) >= 11 is 0. The maximum atomic E-state index is 11.8. The van der Waals surface area contributed by atoms with Gasteiger partial charge in [-0.05, 0) is 25.3 Å². The fraction of sp³-hybridized carbons (Fsp3) is 0.545. The van der Waals surface area contributed by atoms with Crippen LogP contribution in [0.2, 0.25) is 0 Å². The van der Waals surface area contributed by atoms with Gasteiger partial charge < -0.3 is 9.72 Å². The Morgan fingerprint density at radius 1 is 1.44 bits per heavy atom. The average molecular weight is 272 g/mol. The van der Waals surface area contributed by atoms with Crippen molar-refractivity contribution in [2.75, 3.05) is 13.2 Å². The Labute approximate surface area is 105 Å². The molecule has 0 aliphatic carbocycles. The number of aromatic nitrogens is 1. The fourth-order valence-electron chi connectivity index (χ4n) is 1.87. The molecule has 1 aromatic heterocycles. The molecule has 0 bridgehead atoms. The Balaban J connectivity index is 1.90. The molecule has 1 aromatic rings. The van der Waals surface area contributed by atoms with E-state index in [1.54, 1.807) is 0 Å². The van der Waals surface area contributed by atoms with Gasteiger partial charge in [-0.3, -0.25) is 4.79 Å². The first-order valence-corrected chi connectivity index (χ1v) is 7.36. The molecule has 18 heavy (non-hydrogen) atoms. The number of hydrogen-bond acceptors (Lipinski definition) is 4. The maximum Gasteiger partial charge on any atom is 0.247 e. The maximum absolute atomic E-state index is 11.8. The van der Waals surface area contributed by atoms with Crippen molar-refractivity contribution in [3.05, 3.63) is 28.7 Å². The number of rotatable bonds is 5. The van der Waals surface area contributed by atoms with Crippen molar-refractivity contribution in [3.8, 4) is 0 Å². The van der Waals surface area contributed by atoms with E-state index in [0.717, 1.165) is 19.4 Å². The molecule has 6 nitrogen and oxygen atoms in total. The van der Waals surface area contributed by atoms with Crippen LogP contribution in [0.3, 0.4) is 0 Å². The van der Waals surface area contributed by atoms with Crippen molar-refractivity contribution in [3.63, 3.8) is 0 Å². The van der Waals surface area contributed by atoms with Crippen molar-refractivity contribution < 1.29 is 13.2 Å². The molecule has 7 heteroatoms. The van der Waals surface area contributed by atoms with Crippen molar-refractivity contribution >= 4 is 10.0 Å². The van der Waals surface area contributed by atoms with Gasteiger partial charge in [-0.15, -0.1) is 0 Å². The predicted octanol–water partition coefficient (Wildman–Crippen LogP) is 0.222. The summed E-state index contributed by atoms with van der Waals surface area (Å²) < 4.78 is 31.6. The molecular weight excluding hydrogens is 256 g/mol. The number of pyridine rings is 1. The summed E-state index contributed by atoms with van der Waals surface area (Å²) in [5.74, 6) is 0. The van der Waals surface area contributed by atoms with Gasteiger partial charge in [0.15, 0.2) is 0 Å². The summed E-state index contributed by atoms with van der Waals surface area (Å²) in [6.07, 6.45) is 4.04. The normalized spacial score (nSPS) is 20.1. The van der Waals surface area contributed by atoms with Crippen molar-refractivity contribution in [2.24, 2.45) is 0 Å². The lowest BCUT2D eigenvalue weighted by molar-refractivity contribution is 0.105. The van der Waals surface area contributed by atoms with Gasteiger partial charge in [-0.25, -0.2) is 13.1 Å². The van der Waals surface area contributed by atoms with Crippen LogP contribution in [0.15, 0.2) is 28.0 Å². The van der Waals surface area contributed by atoms with Crippen molar-refractivity contribution in [1.82, 2.24) is 9.71 Å². The molecule has 2 N–H and O–H groups in total. The number of sulfonamides is 1. The molecule has 1 atom stereocenters. The molecule has 0 saturated carbocycles. The zero-order valence-electron chi connectivity index (χ0n) is 9.89. The molecule has 1 aliphatic rings. The molecule has 0 aromatic carbocycles. The first-order valence-electron chi connectivity index (χ1n) is 5.88. The van der Waals surface area contributed by atoms with Crippen LogP contribution in [0.4, 0.5) is 0 Å². The number of aromatic amines is 1. The van der Waals surface area contributed by atoms with E-state index in [1.165, 1.54) is 18.3 Å². The minimum absolute atomic E-state index is 0.0643. The summed E-state index contributed by atoms with van der Waals surface area (Å²) in [5, 5.41) is 0. The van der Waals surface area contributed by atoms with E-state index in [9.17, 15) is 13.2 Å². The Morgan fingerprint density at radius 2 is 2.28 bits per heavy atom. The molecule has 2 heterocycles. The van der Waals surface area contributed by atoms with Gasteiger partial charge in [0.2, 0.25) is 15.6 Å². The van der Waals surface area contributed by atoms with Gasteiger partial charge in [0, 0.05) is 25.4 Å². The van der Waals surface area contributed by atoms with E-state index in [1.807, 2.05) is 0 Å². The molecule has 2 rings (SSSR count). The highest BCUT2D eigenvalue weighted by molar-refractivity contribution is 7.89. The van der Waals surface area contributed by atoms with Crippen LogP contribution < -0.4 is 10.3 Å². The Morgan fingerprint density at radius 3 is 2.89 bits per heavy atom. The van der Waals surface area contributed by atoms with E-state index in [4.69, 9.17) is 4.74 Å². The van der Waals surface area contributed by atoms with Gasteiger partial charge in [0.25, 0.3) is 0 Å². The zero-order valence-corrected chi connectivity index (χ0v) is 10.7. The molecule has 1 aliphatic heterocycles. The van der Waals surface area contributed by atoms with E-state index in [-0.39, 0.29) is 16.6 Å². The first kappa shape index (κ1) is 13.3. The van der Waals surface area contributed by atoms with Gasteiger partial charge in [-0.1, -0.05) is 0 Å². The number of nitrogens with one attached hydrogen (secondary N) is 2. The smallest absolute Gasteiger partial charge is 0.247 e. The van der Waals surface area contributed by atoms with Crippen LogP contribution in [0.25, 0.3) is 0 Å². The van der Waals surface area contributed by atoms with Crippen molar-refractivity contribution in [1.29, 1.82) is 0 Å². The second-order valence-electron chi connectivity index (χ2n) is 4.21. The minimum atomic E-state index is -3.54. The van der Waals surface area contributed by atoms with Gasteiger partial charge in [0.1, 0.15) is 0 Å². The molecule has 100 valence electrons.